The van der Waals surface area contributed by atoms with Crippen LogP contribution in [-0.4, -0.2) is 60.6 Å². The van der Waals surface area contributed by atoms with Crippen molar-refractivity contribution < 1.29 is 0 Å². The SMILES string of the molecule is CCC1CCN(C2CCN(C)C(C)C2)CCC(C)N1. The first kappa shape index (κ1) is 15.3. The predicted octanol–water partition coefficient (Wildman–Crippen LogP) is 2.32. The van der Waals surface area contributed by atoms with E-state index < -0.39 is 0 Å². The largest absolute Gasteiger partial charge is 0.311 e. The summed E-state index contributed by atoms with van der Waals surface area (Å²) in [5, 5.41) is 3.77. The van der Waals surface area contributed by atoms with Gasteiger partial charge in [-0.2, -0.15) is 0 Å². The van der Waals surface area contributed by atoms with Gasteiger partial charge in [-0.25, -0.2) is 0 Å². The third-order valence-electron chi connectivity index (χ3n) is 5.32. The van der Waals surface area contributed by atoms with Gasteiger partial charge in [0.2, 0.25) is 0 Å². The zero-order valence-corrected chi connectivity index (χ0v) is 13.4. The van der Waals surface area contributed by atoms with Crippen molar-refractivity contribution in [1.82, 2.24) is 15.1 Å². The molecule has 0 radical (unpaired) electrons. The van der Waals surface area contributed by atoms with E-state index in [-0.39, 0.29) is 0 Å². The van der Waals surface area contributed by atoms with Gasteiger partial charge in [-0.05, 0) is 72.6 Å². The van der Waals surface area contributed by atoms with Crippen molar-refractivity contribution in [2.45, 2.75) is 77.0 Å². The van der Waals surface area contributed by atoms with Crippen LogP contribution in [0.1, 0.15) is 52.9 Å². The van der Waals surface area contributed by atoms with Crippen LogP contribution in [0.25, 0.3) is 0 Å². The van der Waals surface area contributed by atoms with Gasteiger partial charge in [0.1, 0.15) is 0 Å². The summed E-state index contributed by atoms with van der Waals surface area (Å²) in [5.74, 6) is 0. The van der Waals surface area contributed by atoms with E-state index in [1.807, 2.05) is 0 Å². The average molecular weight is 267 g/mol. The van der Waals surface area contributed by atoms with E-state index in [2.05, 4.69) is 42.9 Å². The molecule has 2 aliphatic rings. The van der Waals surface area contributed by atoms with Crippen molar-refractivity contribution in [3.8, 4) is 0 Å². The highest BCUT2D eigenvalue weighted by Crippen LogP contribution is 2.22. The van der Waals surface area contributed by atoms with Crippen LogP contribution in [0.5, 0.6) is 0 Å². The third-order valence-corrected chi connectivity index (χ3v) is 5.32. The molecule has 2 fully saturated rings. The molecule has 0 aliphatic carbocycles. The van der Waals surface area contributed by atoms with Crippen molar-refractivity contribution in [3.05, 3.63) is 0 Å². The summed E-state index contributed by atoms with van der Waals surface area (Å²) in [6.45, 7) is 10.9. The lowest BCUT2D eigenvalue weighted by atomic mass is 9.95. The first-order valence-corrected chi connectivity index (χ1v) is 8.30. The summed E-state index contributed by atoms with van der Waals surface area (Å²) in [6.07, 6.45) is 6.61. The molecule has 2 aliphatic heterocycles. The van der Waals surface area contributed by atoms with Crippen LogP contribution >= 0.6 is 0 Å². The molecule has 1 N–H and O–H groups in total. The molecule has 4 atom stereocenters. The molecule has 0 amide bonds. The highest BCUT2D eigenvalue weighted by atomic mass is 15.2. The molecule has 112 valence electrons. The molecule has 0 aromatic carbocycles. The van der Waals surface area contributed by atoms with Crippen molar-refractivity contribution in [2.24, 2.45) is 0 Å². The summed E-state index contributed by atoms with van der Waals surface area (Å²) in [5.41, 5.74) is 0. The number of likely N-dealkylation sites (tertiary alicyclic amines) is 1. The number of hydrogen-bond donors (Lipinski definition) is 1. The standard InChI is InChI=1S/C16H33N3/c1-5-15-7-11-19(10-6-13(2)17-15)16-8-9-18(4)14(3)12-16/h13-17H,5-12H2,1-4H3. The highest BCUT2D eigenvalue weighted by molar-refractivity contribution is 4.86. The van der Waals surface area contributed by atoms with Crippen LogP contribution in [0.3, 0.4) is 0 Å². The Balaban J connectivity index is 1.91. The number of hydrogen-bond acceptors (Lipinski definition) is 3. The van der Waals surface area contributed by atoms with Crippen molar-refractivity contribution in [2.75, 3.05) is 26.7 Å². The summed E-state index contributed by atoms with van der Waals surface area (Å²) < 4.78 is 0. The van der Waals surface area contributed by atoms with Crippen molar-refractivity contribution >= 4 is 0 Å². The lowest BCUT2D eigenvalue weighted by Crippen LogP contribution is -2.51. The van der Waals surface area contributed by atoms with Gasteiger partial charge in [0.15, 0.2) is 0 Å². The molecule has 0 spiro atoms. The van der Waals surface area contributed by atoms with E-state index in [4.69, 9.17) is 0 Å². The van der Waals surface area contributed by atoms with Gasteiger partial charge in [0.05, 0.1) is 0 Å². The highest BCUT2D eigenvalue weighted by Gasteiger charge is 2.28. The molecular formula is C16H33N3. The van der Waals surface area contributed by atoms with Crippen LogP contribution in [0.4, 0.5) is 0 Å². The van der Waals surface area contributed by atoms with Gasteiger partial charge >= 0.3 is 0 Å². The Hall–Kier alpha value is -0.120. The average Bonchev–Trinajstić information content (AvgIpc) is 2.38. The minimum Gasteiger partial charge on any atom is -0.311 e. The first-order valence-electron chi connectivity index (χ1n) is 8.30. The number of nitrogens with zero attached hydrogens (tertiary/aromatic N) is 2. The summed E-state index contributed by atoms with van der Waals surface area (Å²) in [6, 6.07) is 2.98. The molecule has 4 unspecified atom stereocenters. The molecule has 2 saturated heterocycles. The van der Waals surface area contributed by atoms with Gasteiger partial charge in [0.25, 0.3) is 0 Å². The molecular weight excluding hydrogens is 234 g/mol. The van der Waals surface area contributed by atoms with Crippen LogP contribution in [-0.2, 0) is 0 Å². The summed E-state index contributed by atoms with van der Waals surface area (Å²) in [4.78, 5) is 5.31. The van der Waals surface area contributed by atoms with Gasteiger partial charge < -0.3 is 15.1 Å². The van der Waals surface area contributed by atoms with E-state index in [0.29, 0.717) is 6.04 Å². The van der Waals surface area contributed by atoms with E-state index in [0.717, 1.165) is 18.1 Å². The Morgan fingerprint density at radius 3 is 2.47 bits per heavy atom. The van der Waals surface area contributed by atoms with E-state index >= 15 is 0 Å². The Labute approximate surface area is 119 Å². The lowest BCUT2D eigenvalue weighted by molar-refractivity contribution is 0.0759. The minimum absolute atomic E-state index is 0.677. The van der Waals surface area contributed by atoms with Crippen LogP contribution in [0.2, 0.25) is 0 Å². The molecule has 3 heteroatoms. The molecule has 3 nitrogen and oxygen atoms in total. The summed E-state index contributed by atoms with van der Waals surface area (Å²) in [7, 11) is 2.27. The topological polar surface area (TPSA) is 18.5 Å². The second kappa shape index (κ2) is 7.05. The van der Waals surface area contributed by atoms with Gasteiger partial charge in [-0.3, -0.25) is 0 Å². The Morgan fingerprint density at radius 1 is 1.05 bits per heavy atom. The second-order valence-electron chi connectivity index (χ2n) is 6.79. The van der Waals surface area contributed by atoms with Gasteiger partial charge in [-0.15, -0.1) is 0 Å². The normalized spacial score (nSPS) is 39.8. The van der Waals surface area contributed by atoms with Crippen molar-refractivity contribution in [3.63, 3.8) is 0 Å². The van der Waals surface area contributed by atoms with E-state index in [9.17, 15) is 0 Å². The van der Waals surface area contributed by atoms with E-state index in [1.54, 1.807) is 0 Å². The maximum atomic E-state index is 3.77. The Kier molecular flexibility index (Phi) is 5.67. The number of nitrogens with one attached hydrogen (secondary N) is 1. The van der Waals surface area contributed by atoms with Gasteiger partial charge in [-0.1, -0.05) is 6.92 Å². The molecule has 19 heavy (non-hydrogen) atoms. The fourth-order valence-electron chi connectivity index (χ4n) is 3.65. The Morgan fingerprint density at radius 2 is 1.79 bits per heavy atom. The van der Waals surface area contributed by atoms with E-state index in [1.165, 1.54) is 51.7 Å². The minimum atomic E-state index is 0.677. The molecule has 2 heterocycles. The zero-order valence-electron chi connectivity index (χ0n) is 13.4. The molecule has 0 aromatic heterocycles. The molecule has 0 aromatic rings. The molecule has 2 rings (SSSR count). The second-order valence-corrected chi connectivity index (χ2v) is 6.79. The monoisotopic (exact) mass is 267 g/mol. The quantitative estimate of drug-likeness (QED) is 0.828. The van der Waals surface area contributed by atoms with Crippen LogP contribution in [0.15, 0.2) is 0 Å². The number of rotatable bonds is 2. The van der Waals surface area contributed by atoms with Crippen LogP contribution in [0, 0.1) is 0 Å². The lowest BCUT2D eigenvalue weighted by Gasteiger charge is -2.42. The van der Waals surface area contributed by atoms with Crippen molar-refractivity contribution in [1.29, 1.82) is 0 Å². The van der Waals surface area contributed by atoms with Crippen LogP contribution < -0.4 is 5.32 Å². The number of piperidine rings is 1. The smallest absolute Gasteiger partial charge is 0.0122 e. The maximum absolute atomic E-state index is 3.77. The predicted molar refractivity (Wildman–Crippen MR) is 82.6 cm³/mol. The van der Waals surface area contributed by atoms with Gasteiger partial charge in [0, 0.05) is 24.2 Å². The first-order chi connectivity index (χ1) is 9.10. The molecule has 0 saturated carbocycles. The fraction of sp³-hybridized carbons (Fsp3) is 1.00. The zero-order chi connectivity index (χ0) is 13.8. The molecule has 0 bridgehead atoms. The maximum Gasteiger partial charge on any atom is 0.0122 e. The third kappa shape index (κ3) is 4.17. The fourth-order valence-corrected chi connectivity index (χ4v) is 3.65. The summed E-state index contributed by atoms with van der Waals surface area (Å²) >= 11 is 0. The Bertz CT molecular complexity index is 269.